The number of likely N-dealkylation sites (tertiary alicyclic amines) is 1. The number of hydrogen-bond donors (Lipinski definition) is 1. The molecule has 2 rings (SSSR count). The van der Waals surface area contributed by atoms with E-state index in [0.717, 1.165) is 38.1 Å². The van der Waals surface area contributed by atoms with Gasteiger partial charge in [-0.1, -0.05) is 15.9 Å². The highest BCUT2D eigenvalue weighted by Gasteiger charge is 2.44. The molecule has 76 valence electrons. The van der Waals surface area contributed by atoms with Crippen molar-refractivity contribution in [3.05, 3.63) is 0 Å². The van der Waals surface area contributed by atoms with Gasteiger partial charge in [-0.3, -0.25) is 4.90 Å². The molecule has 1 N–H and O–H groups in total. The quantitative estimate of drug-likeness (QED) is 0.735. The third-order valence-electron chi connectivity index (χ3n) is 2.77. The lowest BCUT2D eigenvalue weighted by molar-refractivity contribution is -0.155. The summed E-state index contributed by atoms with van der Waals surface area (Å²) in [7, 11) is 0. The molecule has 2 aliphatic heterocycles. The molecule has 0 aromatic carbocycles. The molecule has 0 radical (unpaired) electrons. The molecule has 3 nitrogen and oxygen atoms in total. The molecule has 2 heterocycles. The number of nitrogens with zero attached hydrogens (tertiary/aromatic N) is 1. The fraction of sp³-hybridized carbons (Fsp3) is 1.00. The van der Waals surface area contributed by atoms with Gasteiger partial charge in [0, 0.05) is 31.5 Å². The van der Waals surface area contributed by atoms with Gasteiger partial charge in [0.05, 0.1) is 6.61 Å². The molecule has 0 aliphatic carbocycles. The Balaban J connectivity index is 1.69. The molecule has 0 atom stereocenters. The van der Waals surface area contributed by atoms with Crippen LogP contribution in [0.5, 0.6) is 0 Å². The third-order valence-corrected chi connectivity index (χ3v) is 3.33. The molecular weight excluding hydrogens is 232 g/mol. The summed E-state index contributed by atoms with van der Waals surface area (Å²) in [5.74, 6) is 0. The molecule has 0 amide bonds. The van der Waals surface area contributed by atoms with Crippen LogP contribution in [0.15, 0.2) is 0 Å². The standard InChI is InChI=1S/C9H17BrN2O/c10-2-1-4-12-7-9(8-12)6-11-3-5-13-9/h11H,1-8H2. The van der Waals surface area contributed by atoms with Crippen molar-refractivity contribution in [1.29, 1.82) is 0 Å². The smallest absolute Gasteiger partial charge is 0.106 e. The summed E-state index contributed by atoms with van der Waals surface area (Å²) in [5, 5.41) is 4.50. The topological polar surface area (TPSA) is 24.5 Å². The van der Waals surface area contributed by atoms with Crippen LogP contribution in [0.3, 0.4) is 0 Å². The van der Waals surface area contributed by atoms with E-state index in [1.165, 1.54) is 13.0 Å². The molecule has 2 fully saturated rings. The van der Waals surface area contributed by atoms with Gasteiger partial charge in [0.25, 0.3) is 0 Å². The van der Waals surface area contributed by atoms with E-state index in [2.05, 4.69) is 26.1 Å². The fourth-order valence-corrected chi connectivity index (χ4v) is 2.37. The second-order valence-electron chi connectivity index (χ2n) is 3.96. The Morgan fingerprint density at radius 2 is 2.31 bits per heavy atom. The van der Waals surface area contributed by atoms with Crippen LogP contribution in [0.25, 0.3) is 0 Å². The van der Waals surface area contributed by atoms with Crippen LogP contribution < -0.4 is 5.32 Å². The lowest BCUT2D eigenvalue weighted by Gasteiger charge is -2.51. The molecular formula is C9H17BrN2O. The van der Waals surface area contributed by atoms with Crippen LogP contribution in [-0.4, -0.2) is 55.2 Å². The number of ether oxygens (including phenoxy) is 1. The van der Waals surface area contributed by atoms with Crippen molar-refractivity contribution in [2.24, 2.45) is 0 Å². The minimum atomic E-state index is 0.171. The minimum Gasteiger partial charge on any atom is -0.370 e. The molecule has 2 aliphatic rings. The van der Waals surface area contributed by atoms with E-state index in [4.69, 9.17) is 4.74 Å². The lowest BCUT2D eigenvalue weighted by atomic mass is 9.92. The van der Waals surface area contributed by atoms with E-state index in [1.54, 1.807) is 0 Å². The Labute approximate surface area is 87.9 Å². The zero-order chi connectivity index (χ0) is 9.15. The third kappa shape index (κ3) is 2.24. The van der Waals surface area contributed by atoms with E-state index in [1.807, 2.05) is 0 Å². The summed E-state index contributed by atoms with van der Waals surface area (Å²) in [6.45, 7) is 6.38. The fourth-order valence-electron chi connectivity index (χ4n) is 2.12. The lowest BCUT2D eigenvalue weighted by Crippen LogP contribution is -2.69. The predicted octanol–water partition coefficient (Wildman–Crippen LogP) is 0.446. The van der Waals surface area contributed by atoms with Gasteiger partial charge in [-0.25, -0.2) is 0 Å². The van der Waals surface area contributed by atoms with Crippen LogP contribution in [0.1, 0.15) is 6.42 Å². The van der Waals surface area contributed by atoms with Gasteiger partial charge < -0.3 is 10.1 Å². The molecule has 0 aromatic rings. The number of halogens is 1. The first-order valence-corrected chi connectivity index (χ1v) is 6.10. The minimum absolute atomic E-state index is 0.171. The maximum Gasteiger partial charge on any atom is 0.106 e. The Morgan fingerprint density at radius 3 is 2.92 bits per heavy atom. The summed E-state index contributed by atoms with van der Waals surface area (Å²) in [4.78, 5) is 2.47. The Kier molecular flexibility index (Phi) is 3.24. The van der Waals surface area contributed by atoms with Crippen molar-refractivity contribution < 1.29 is 4.74 Å². The largest absolute Gasteiger partial charge is 0.370 e. The Bertz CT molecular complexity index is 163. The molecule has 0 bridgehead atoms. The average Bonchev–Trinajstić information content (AvgIpc) is 2.13. The number of hydrogen-bond acceptors (Lipinski definition) is 3. The maximum atomic E-state index is 5.80. The first kappa shape index (κ1) is 9.90. The van der Waals surface area contributed by atoms with Crippen molar-refractivity contribution in [3.63, 3.8) is 0 Å². The number of morpholine rings is 1. The summed E-state index contributed by atoms with van der Waals surface area (Å²) < 4.78 is 5.80. The first-order valence-electron chi connectivity index (χ1n) is 4.98. The zero-order valence-electron chi connectivity index (χ0n) is 7.89. The summed E-state index contributed by atoms with van der Waals surface area (Å²) in [6.07, 6.45) is 1.24. The normalized spacial score (nSPS) is 27.5. The van der Waals surface area contributed by atoms with E-state index in [-0.39, 0.29) is 5.60 Å². The number of nitrogens with one attached hydrogen (secondary N) is 1. The average molecular weight is 249 g/mol. The highest BCUT2D eigenvalue weighted by atomic mass is 79.9. The van der Waals surface area contributed by atoms with Gasteiger partial charge in [0.2, 0.25) is 0 Å². The van der Waals surface area contributed by atoms with Gasteiger partial charge in [0.15, 0.2) is 0 Å². The maximum absolute atomic E-state index is 5.80. The molecule has 13 heavy (non-hydrogen) atoms. The van der Waals surface area contributed by atoms with Crippen molar-refractivity contribution in [2.45, 2.75) is 12.0 Å². The predicted molar refractivity (Wildman–Crippen MR) is 56.4 cm³/mol. The second-order valence-corrected chi connectivity index (χ2v) is 4.75. The van der Waals surface area contributed by atoms with Crippen LogP contribution in [-0.2, 0) is 4.74 Å². The van der Waals surface area contributed by atoms with Crippen LogP contribution >= 0.6 is 15.9 Å². The highest BCUT2D eigenvalue weighted by molar-refractivity contribution is 9.09. The SMILES string of the molecule is BrCCCN1CC2(CNCCO2)C1. The van der Waals surface area contributed by atoms with E-state index < -0.39 is 0 Å². The van der Waals surface area contributed by atoms with Gasteiger partial charge in [-0.05, 0) is 13.0 Å². The van der Waals surface area contributed by atoms with Gasteiger partial charge >= 0.3 is 0 Å². The highest BCUT2D eigenvalue weighted by Crippen LogP contribution is 2.26. The van der Waals surface area contributed by atoms with Crippen LogP contribution in [0.2, 0.25) is 0 Å². The van der Waals surface area contributed by atoms with Crippen molar-refractivity contribution >= 4 is 15.9 Å². The molecule has 1 spiro atoms. The Hall–Kier alpha value is 0.360. The monoisotopic (exact) mass is 248 g/mol. The van der Waals surface area contributed by atoms with E-state index in [0.29, 0.717) is 0 Å². The van der Waals surface area contributed by atoms with E-state index in [9.17, 15) is 0 Å². The summed E-state index contributed by atoms with van der Waals surface area (Å²) in [6, 6.07) is 0. The molecule has 0 unspecified atom stereocenters. The molecule has 0 saturated carbocycles. The molecule has 2 saturated heterocycles. The van der Waals surface area contributed by atoms with E-state index >= 15 is 0 Å². The molecule has 0 aromatic heterocycles. The van der Waals surface area contributed by atoms with Crippen LogP contribution in [0.4, 0.5) is 0 Å². The van der Waals surface area contributed by atoms with Crippen molar-refractivity contribution in [3.8, 4) is 0 Å². The van der Waals surface area contributed by atoms with Crippen molar-refractivity contribution in [2.75, 3.05) is 44.7 Å². The van der Waals surface area contributed by atoms with Gasteiger partial charge in [0.1, 0.15) is 5.60 Å². The zero-order valence-corrected chi connectivity index (χ0v) is 9.48. The van der Waals surface area contributed by atoms with Gasteiger partial charge in [-0.15, -0.1) is 0 Å². The second kappa shape index (κ2) is 4.26. The summed E-state index contributed by atoms with van der Waals surface area (Å²) in [5.41, 5.74) is 0.171. The first-order chi connectivity index (χ1) is 6.35. The Morgan fingerprint density at radius 1 is 1.46 bits per heavy atom. The summed E-state index contributed by atoms with van der Waals surface area (Å²) >= 11 is 3.45. The van der Waals surface area contributed by atoms with Crippen LogP contribution in [0, 0.1) is 0 Å². The molecule has 4 heteroatoms. The van der Waals surface area contributed by atoms with Crippen molar-refractivity contribution in [1.82, 2.24) is 10.2 Å². The number of rotatable bonds is 3. The number of alkyl halides is 1. The van der Waals surface area contributed by atoms with Gasteiger partial charge in [-0.2, -0.15) is 0 Å².